The average molecular weight is 196 g/mol. The highest BCUT2D eigenvalue weighted by atomic mass is 19.4. The highest BCUT2D eigenvalue weighted by Gasteiger charge is 2.43. The lowest BCUT2D eigenvalue weighted by Crippen LogP contribution is -2.33. The highest BCUT2D eigenvalue weighted by Crippen LogP contribution is 2.31. The Hall–Kier alpha value is -0.580. The lowest BCUT2D eigenvalue weighted by molar-refractivity contribution is -0.177. The Kier molecular flexibility index (Phi) is 2.95. The Bertz CT molecular complexity index is 192. The Morgan fingerprint density at radius 1 is 1.15 bits per heavy atom. The maximum Gasteiger partial charge on any atom is 0.450 e. The van der Waals surface area contributed by atoms with E-state index in [2.05, 4.69) is 0 Å². The van der Waals surface area contributed by atoms with Gasteiger partial charge in [-0.3, -0.25) is 4.79 Å². The molecule has 0 aliphatic heterocycles. The summed E-state index contributed by atoms with van der Waals surface area (Å²) in [4.78, 5) is 10.7. The van der Waals surface area contributed by atoms with Gasteiger partial charge in [0.05, 0.1) is 6.10 Å². The van der Waals surface area contributed by atoms with Crippen LogP contribution in [0.3, 0.4) is 0 Å². The van der Waals surface area contributed by atoms with Crippen molar-refractivity contribution in [3.63, 3.8) is 0 Å². The van der Waals surface area contributed by atoms with Gasteiger partial charge in [0.2, 0.25) is 5.78 Å². The molecule has 0 amide bonds. The molecule has 0 aromatic rings. The fraction of sp³-hybridized carbons (Fsp3) is 0.875. The van der Waals surface area contributed by atoms with E-state index in [1.54, 1.807) is 0 Å². The van der Waals surface area contributed by atoms with Gasteiger partial charge < -0.3 is 5.11 Å². The topological polar surface area (TPSA) is 37.3 Å². The minimum atomic E-state index is -4.72. The minimum Gasteiger partial charge on any atom is -0.393 e. The van der Waals surface area contributed by atoms with E-state index < -0.39 is 24.0 Å². The molecule has 0 unspecified atom stereocenters. The van der Waals surface area contributed by atoms with Crippen LogP contribution in [0.4, 0.5) is 13.2 Å². The highest BCUT2D eigenvalue weighted by molar-refractivity contribution is 5.86. The summed E-state index contributed by atoms with van der Waals surface area (Å²) >= 11 is 0. The molecule has 1 aliphatic rings. The van der Waals surface area contributed by atoms with Crippen molar-refractivity contribution in [1.29, 1.82) is 0 Å². The summed E-state index contributed by atoms with van der Waals surface area (Å²) in [7, 11) is 0. The molecule has 13 heavy (non-hydrogen) atoms. The Morgan fingerprint density at radius 2 is 1.62 bits per heavy atom. The van der Waals surface area contributed by atoms with Crippen LogP contribution >= 0.6 is 0 Å². The van der Waals surface area contributed by atoms with E-state index in [1.807, 2.05) is 0 Å². The van der Waals surface area contributed by atoms with Gasteiger partial charge in [-0.15, -0.1) is 0 Å². The third-order valence-electron chi connectivity index (χ3n) is 2.35. The smallest absolute Gasteiger partial charge is 0.393 e. The second-order valence-electron chi connectivity index (χ2n) is 3.37. The average Bonchev–Trinajstić information content (AvgIpc) is 2.03. The maximum atomic E-state index is 11.9. The van der Waals surface area contributed by atoms with Crippen LogP contribution < -0.4 is 0 Å². The van der Waals surface area contributed by atoms with Crippen molar-refractivity contribution in [3.05, 3.63) is 0 Å². The van der Waals surface area contributed by atoms with Gasteiger partial charge in [-0.25, -0.2) is 0 Å². The van der Waals surface area contributed by atoms with Crippen LogP contribution in [0.25, 0.3) is 0 Å². The molecule has 0 bridgehead atoms. The first-order valence-corrected chi connectivity index (χ1v) is 4.20. The van der Waals surface area contributed by atoms with E-state index in [0.717, 1.165) is 0 Å². The number of hydrogen-bond acceptors (Lipinski definition) is 2. The molecule has 1 saturated carbocycles. The Labute approximate surface area is 73.7 Å². The zero-order chi connectivity index (χ0) is 10.1. The van der Waals surface area contributed by atoms with Crippen LogP contribution in [0.1, 0.15) is 25.7 Å². The molecule has 1 aliphatic carbocycles. The molecule has 0 atom stereocenters. The van der Waals surface area contributed by atoms with E-state index in [9.17, 15) is 18.0 Å². The van der Waals surface area contributed by atoms with Crippen molar-refractivity contribution in [3.8, 4) is 0 Å². The molecule has 0 aromatic carbocycles. The summed E-state index contributed by atoms with van der Waals surface area (Å²) in [6.45, 7) is 0. The van der Waals surface area contributed by atoms with E-state index in [4.69, 9.17) is 5.11 Å². The molecule has 0 aromatic heterocycles. The number of aliphatic hydroxyl groups excluding tert-OH is 1. The molecular formula is C8H11F3O2. The summed E-state index contributed by atoms with van der Waals surface area (Å²) < 4.78 is 35.8. The Morgan fingerprint density at radius 3 is 2.00 bits per heavy atom. The van der Waals surface area contributed by atoms with Gasteiger partial charge in [0.25, 0.3) is 0 Å². The molecule has 0 radical (unpaired) electrons. The van der Waals surface area contributed by atoms with Crippen LogP contribution in [-0.4, -0.2) is 23.2 Å². The zero-order valence-corrected chi connectivity index (χ0v) is 6.97. The van der Waals surface area contributed by atoms with Gasteiger partial charge in [0, 0.05) is 5.92 Å². The molecule has 0 saturated heterocycles. The van der Waals surface area contributed by atoms with Crippen LogP contribution in [0.2, 0.25) is 0 Å². The normalized spacial score (nSPS) is 30.2. The summed E-state index contributed by atoms with van der Waals surface area (Å²) in [5.74, 6) is -2.57. The molecule has 2 nitrogen and oxygen atoms in total. The van der Waals surface area contributed by atoms with Crippen molar-refractivity contribution in [2.24, 2.45) is 5.92 Å². The van der Waals surface area contributed by atoms with Crippen LogP contribution in [0.15, 0.2) is 0 Å². The molecule has 0 heterocycles. The van der Waals surface area contributed by atoms with Crippen molar-refractivity contribution < 1.29 is 23.1 Å². The summed E-state index contributed by atoms with van der Waals surface area (Å²) in [6.07, 6.45) is -4.34. The fourth-order valence-corrected chi connectivity index (χ4v) is 1.57. The number of ketones is 1. The Balaban J connectivity index is 2.50. The summed E-state index contributed by atoms with van der Waals surface area (Å²) in [5, 5.41) is 9.02. The number of rotatable bonds is 1. The number of carbonyl (C=O) groups is 1. The van der Waals surface area contributed by atoms with Gasteiger partial charge in [0.1, 0.15) is 0 Å². The number of carbonyl (C=O) groups excluding carboxylic acids is 1. The molecule has 5 heteroatoms. The quantitative estimate of drug-likeness (QED) is 0.692. The third-order valence-corrected chi connectivity index (χ3v) is 2.35. The van der Waals surface area contributed by atoms with Crippen molar-refractivity contribution in [2.45, 2.75) is 38.0 Å². The first-order valence-electron chi connectivity index (χ1n) is 4.20. The summed E-state index contributed by atoms with van der Waals surface area (Å²) in [6, 6.07) is 0. The van der Waals surface area contributed by atoms with E-state index in [1.165, 1.54) is 0 Å². The van der Waals surface area contributed by atoms with Gasteiger partial charge in [-0.2, -0.15) is 13.2 Å². The lowest BCUT2D eigenvalue weighted by atomic mass is 9.84. The lowest BCUT2D eigenvalue weighted by Gasteiger charge is -2.24. The van der Waals surface area contributed by atoms with Gasteiger partial charge in [0.15, 0.2) is 0 Å². The first-order chi connectivity index (χ1) is 5.91. The molecule has 1 rings (SSSR count). The SMILES string of the molecule is O=C(C1CCC(O)CC1)C(F)(F)F. The number of halogens is 3. The number of alkyl halides is 3. The largest absolute Gasteiger partial charge is 0.450 e. The number of Topliss-reactive ketones (excluding diaryl/α,β-unsaturated/α-hetero) is 1. The molecule has 0 spiro atoms. The maximum absolute atomic E-state index is 11.9. The summed E-state index contributed by atoms with van der Waals surface area (Å²) in [5.41, 5.74) is 0. The third kappa shape index (κ3) is 2.69. The van der Waals surface area contributed by atoms with Crippen molar-refractivity contribution >= 4 is 5.78 Å². The van der Waals surface area contributed by atoms with Crippen LogP contribution in [0.5, 0.6) is 0 Å². The predicted molar refractivity (Wildman–Crippen MR) is 39.0 cm³/mol. The molecule has 76 valence electrons. The number of hydrogen-bond donors (Lipinski definition) is 1. The van der Waals surface area contributed by atoms with E-state index in [0.29, 0.717) is 12.8 Å². The van der Waals surface area contributed by atoms with E-state index in [-0.39, 0.29) is 12.8 Å². The zero-order valence-electron chi connectivity index (χ0n) is 6.97. The van der Waals surface area contributed by atoms with Crippen molar-refractivity contribution in [1.82, 2.24) is 0 Å². The van der Waals surface area contributed by atoms with Crippen LogP contribution in [-0.2, 0) is 4.79 Å². The van der Waals surface area contributed by atoms with Gasteiger partial charge in [-0.05, 0) is 25.7 Å². The van der Waals surface area contributed by atoms with Gasteiger partial charge in [-0.1, -0.05) is 0 Å². The van der Waals surface area contributed by atoms with Gasteiger partial charge >= 0.3 is 6.18 Å². The van der Waals surface area contributed by atoms with Crippen LogP contribution in [0, 0.1) is 5.92 Å². The van der Waals surface area contributed by atoms with E-state index >= 15 is 0 Å². The second-order valence-corrected chi connectivity index (χ2v) is 3.37. The molecule has 1 N–H and O–H groups in total. The second kappa shape index (κ2) is 3.65. The minimum absolute atomic E-state index is 0.152. The molecular weight excluding hydrogens is 185 g/mol. The standard InChI is InChI=1S/C8H11F3O2/c9-8(10,11)7(13)5-1-3-6(12)4-2-5/h5-6,12H,1-4H2. The fourth-order valence-electron chi connectivity index (χ4n) is 1.57. The predicted octanol–water partition coefficient (Wildman–Crippen LogP) is 1.67. The first kappa shape index (κ1) is 10.5. The number of aliphatic hydroxyl groups is 1. The molecule has 1 fully saturated rings. The monoisotopic (exact) mass is 196 g/mol. The van der Waals surface area contributed by atoms with Crippen molar-refractivity contribution in [2.75, 3.05) is 0 Å².